The van der Waals surface area contributed by atoms with E-state index in [0.29, 0.717) is 33.3 Å². The molecule has 0 aliphatic carbocycles. The summed E-state index contributed by atoms with van der Waals surface area (Å²) in [5, 5.41) is 8.63. The molecule has 0 fully saturated rings. The molecule has 4 aromatic rings. The number of aromatic amines is 1. The van der Waals surface area contributed by atoms with Gasteiger partial charge < -0.3 is 4.42 Å². The minimum Gasteiger partial charge on any atom is -0.457 e. The fourth-order valence-corrected chi connectivity index (χ4v) is 3.75. The third-order valence-electron chi connectivity index (χ3n) is 4.90. The van der Waals surface area contributed by atoms with Crippen LogP contribution in [0.1, 0.15) is 23.0 Å². The summed E-state index contributed by atoms with van der Waals surface area (Å²) in [7, 11) is -3.83. The molecule has 2 aromatic heterocycles. The van der Waals surface area contributed by atoms with Gasteiger partial charge in [0.2, 0.25) is 10.0 Å². The minimum absolute atomic E-state index is 0.0446. The quantitative estimate of drug-likeness (QED) is 0.447. The maximum absolute atomic E-state index is 12.9. The summed E-state index contributed by atoms with van der Waals surface area (Å²) in [4.78, 5) is 24.5. The Bertz CT molecular complexity index is 1610. The van der Waals surface area contributed by atoms with Gasteiger partial charge in [0.25, 0.3) is 5.56 Å². The van der Waals surface area contributed by atoms with Crippen molar-refractivity contribution in [1.82, 2.24) is 9.78 Å². The number of rotatable bonds is 5. The van der Waals surface area contributed by atoms with Crippen LogP contribution in [0, 0.1) is 0 Å². The average Bonchev–Trinajstić information content (AvgIpc) is 3.34. The number of H-pyrrole nitrogens is 1. The van der Waals surface area contributed by atoms with Crippen LogP contribution in [0.25, 0.3) is 29.7 Å². The number of benzene rings is 2. The van der Waals surface area contributed by atoms with Gasteiger partial charge in [-0.05, 0) is 55.5 Å². The van der Waals surface area contributed by atoms with E-state index in [1.54, 1.807) is 36.4 Å². The van der Waals surface area contributed by atoms with Crippen LogP contribution in [0.2, 0.25) is 0 Å². The number of nitrogens with zero attached hydrogens (tertiary/aromatic N) is 1. The van der Waals surface area contributed by atoms with Crippen LogP contribution < -0.4 is 21.3 Å². The molecule has 0 bridgehead atoms. The maximum Gasteiger partial charge on any atom is 0.279 e. The van der Waals surface area contributed by atoms with Crippen LogP contribution in [0.15, 0.2) is 74.8 Å². The minimum atomic E-state index is -3.83. The van der Waals surface area contributed by atoms with Crippen molar-refractivity contribution in [2.45, 2.75) is 11.8 Å². The Morgan fingerprint density at radius 2 is 1.84 bits per heavy atom. The number of nitrogens with one attached hydrogen (secondary N) is 1. The van der Waals surface area contributed by atoms with Gasteiger partial charge in [-0.3, -0.25) is 14.7 Å². The van der Waals surface area contributed by atoms with E-state index in [2.05, 4.69) is 11.7 Å². The number of hydrogen-bond acceptors (Lipinski definition) is 5. The predicted molar refractivity (Wildman–Crippen MR) is 120 cm³/mol. The second-order valence-electron chi connectivity index (χ2n) is 7.17. The Kier molecular flexibility index (Phi) is 5.29. The third kappa shape index (κ3) is 4.11. The Labute approximate surface area is 183 Å². The highest BCUT2D eigenvalue weighted by molar-refractivity contribution is 7.89. The lowest BCUT2D eigenvalue weighted by Gasteiger charge is -2.02. The number of sulfonamides is 1. The van der Waals surface area contributed by atoms with Gasteiger partial charge in [0.15, 0.2) is 5.78 Å². The topological polar surface area (TPSA) is 128 Å². The monoisotopic (exact) mass is 449 g/mol. The molecule has 3 N–H and O–H groups in total. The summed E-state index contributed by atoms with van der Waals surface area (Å²) >= 11 is 0. The number of carbonyl (C=O) groups excluding carboxylic acids is 1. The summed E-state index contributed by atoms with van der Waals surface area (Å²) in [6.07, 6.45) is 1.56. The van der Waals surface area contributed by atoms with Crippen molar-refractivity contribution in [1.29, 1.82) is 0 Å². The molecule has 2 aromatic carbocycles. The number of nitrogens with two attached hydrogens (primary N) is 1. The molecule has 32 heavy (non-hydrogen) atoms. The molecular formula is C23H19N3O5S. The van der Waals surface area contributed by atoms with Gasteiger partial charge in [-0.1, -0.05) is 24.8 Å². The molecule has 0 aliphatic rings. The maximum atomic E-state index is 12.9. The van der Waals surface area contributed by atoms with Crippen LogP contribution in [-0.2, 0) is 10.0 Å². The van der Waals surface area contributed by atoms with Crippen molar-refractivity contribution in [2.75, 3.05) is 0 Å². The van der Waals surface area contributed by atoms with Gasteiger partial charge in [-0.15, -0.1) is 0 Å². The molecule has 162 valence electrons. The Balaban J connectivity index is 1.72. The molecule has 0 unspecified atom stereocenters. The first-order valence-corrected chi connectivity index (χ1v) is 11.0. The highest BCUT2D eigenvalue weighted by Crippen LogP contribution is 2.23. The molecule has 0 saturated heterocycles. The third-order valence-corrected chi connectivity index (χ3v) is 5.83. The van der Waals surface area contributed by atoms with Gasteiger partial charge in [0.05, 0.1) is 21.2 Å². The van der Waals surface area contributed by atoms with Crippen LogP contribution in [-0.4, -0.2) is 24.0 Å². The second kappa shape index (κ2) is 7.95. The van der Waals surface area contributed by atoms with Crippen molar-refractivity contribution in [2.24, 2.45) is 5.14 Å². The molecule has 9 heteroatoms. The summed E-state index contributed by atoms with van der Waals surface area (Å²) in [6.45, 7) is 5.37. The SMILES string of the molecule is C=c1[nH]n(-c2ccc(S(N)(=O)=O)cc2)c(=O)/c1=C/c1ccc(-c2cccc(C(C)=O)c2)o1. The fraction of sp³-hybridized carbons (Fsp3) is 0.0435. The number of hydrogen-bond donors (Lipinski definition) is 2. The van der Waals surface area contributed by atoms with Gasteiger partial charge in [-0.25, -0.2) is 18.2 Å². The lowest BCUT2D eigenvalue weighted by Crippen LogP contribution is -2.33. The molecule has 0 aliphatic heterocycles. The van der Waals surface area contributed by atoms with E-state index < -0.39 is 10.0 Å². The Morgan fingerprint density at radius 1 is 1.12 bits per heavy atom. The van der Waals surface area contributed by atoms with E-state index in [4.69, 9.17) is 9.56 Å². The van der Waals surface area contributed by atoms with E-state index in [-0.39, 0.29) is 16.2 Å². The molecule has 2 heterocycles. The smallest absolute Gasteiger partial charge is 0.279 e. The van der Waals surface area contributed by atoms with Gasteiger partial charge in [0, 0.05) is 11.1 Å². The van der Waals surface area contributed by atoms with Crippen molar-refractivity contribution in [3.8, 4) is 17.0 Å². The molecule has 0 spiro atoms. The number of primary sulfonamides is 1. The van der Waals surface area contributed by atoms with Crippen LogP contribution in [0.5, 0.6) is 0 Å². The van der Waals surface area contributed by atoms with E-state index in [0.717, 1.165) is 5.56 Å². The zero-order valence-electron chi connectivity index (χ0n) is 17.0. The molecule has 8 nitrogen and oxygen atoms in total. The zero-order chi connectivity index (χ0) is 23.0. The second-order valence-corrected chi connectivity index (χ2v) is 8.73. The van der Waals surface area contributed by atoms with E-state index >= 15 is 0 Å². The molecule has 0 atom stereocenters. The summed E-state index contributed by atoms with van der Waals surface area (Å²) in [5.41, 5.74) is 1.36. The molecule has 4 rings (SSSR count). The van der Waals surface area contributed by atoms with Crippen molar-refractivity contribution in [3.05, 3.63) is 92.9 Å². The van der Waals surface area contributed by atoms with Gasteiger partial charge >= 0.3 is 0 Å². The zero-order valence-corrected chi connectivity index (χ0v) is 17.8. The van der Waals surface area contributed by atoms with Crippen LogP contribution >= 0.6 is 0 Å². The first kappa shape index (κ1) is 21.3. The van der Waals surface area contributed by atoms with E-state index in [1.807, 2.05) is 6.07 Å². The van der Waals surface area contributed by atoms with E-state index in [9.17, 15) is 18.0 Å². The number of ketones is 1. The first-order chi connectivity index (χ1) is 15.1. The average molecular weight is 449 g/mol. The predicted octanol–water partition coefficient (Wildman–Crippen LogP) is 1.51. The van der Waals surface area contributed by atoms with Gasteiger partial charge in [-0.2, -0.15) is 0 Å². The lowest BCUT2D eigenvalue weighted by atomic mass is 10.1. The van der Waals surface area contributed by atoms with Crippen molar-refractivity contribution >= 4 is 28.5 Å². The standard InChI is InChI=1S/C23H19N3O5S/c1-14-21(23(28)26(25-14)18-6-9-20(10-7-18)32(24,29)30)13-19-8-11-22(31-19)17-5-3-4-16(12-17)15(2)27/h3-13,25H,1H2,2H3,(H2,24,29,30)/b21-13+. The molecular weight excluding hydrogens is 430 g/mol. The van der Waals surface area contributed by atoms with Gasteiger partial charge in [0.1, 0.15) is 11.5 Å². The fourth-order valence-electron chi connectivity index (χ4n) is 3.23. The summed E-state index contributed by atoms with van der Waals surface area (Å²) in [6, 6.07) is 16.1. The molecule has 0 saturated carbocycles. The number of carbonyl (C=O) groups is 1. The normalized spacial score (nSPS) is 12.2. The summed E-state index contributed by atoms with van der Waals surface area (Å²) in [5.74, 6) is 0.946. The molecule has 0 amide bonds. The summed E-state index contributed by atoms with van der Waals surface area (Å²) < 4.78 is 30.0. The number of aromatic nitrogens is 2. The molecule has 0 radical (unpaired) electrons. The van der Waals surface area contributed by atoms with E-state index in [1.165, 1.54) is 35.9 Å². The van der Waals surface area contributed by atoms with Crippen LogP contribution in [0.4, 0.5) is 0 Å². The van der Waals surface area contributed by atoms with Crippen molar-refractivity contribution in [3.63, 3.8) is 0 Å². The Hall–Kier alpha value is -3.95. The number of furan rings is 1. The number of Topliss-reactive ketones (excluding diaryl/α,β-unsaturated/α-hetero) is 1. The first-order valence-electron chi connectivity index (χ1n) is 9.49. The van der Waals surface area contributed by atoms with Crippen LogP contribution in [0.3, 0.4) is 0 Å². The lowest BCUT2D eigenvalue weighted by molar-refractivity contribution is 0.101. The van der Waals surface area contributed by atoms with Crippen molar-refractivity contribution < 1.29 is 17.6 Å². The highest BCUT2D eigenvalue weighted by atomic mass is 32.2. The largest absolute Gasteiger partial charge is 0.457 e. The Morgan fingerprint density at radius 3 is 2.50 bits per heavy atom. The highest BCUT2D eigenvalue weighted by Gasteiger charge is 2.11.